The van der Waals surface area contributed by atoms with Crippen LogP contribution in [-0.2, 0) is 6.54 Å². The summed E-state index contributed by atoms with van der Waals surface area (Å²) in [4.78, 5) is 41.9. The first kappa shape index (κ1) is 22.3. The maximum Gasteiger partial charge on any atom is 0.330 e. The van der Waals surface area contributed by atoms with Crippen molar-refractivity contribution in [3.8, 4) is 5.75 Å². The molecule has 0 fully saturated rings. The number of aryl methyl sites for hydroxylation is 1. The molecule has 0 unspecified atom stereocenters. The number of unbranched alkanes of at least 4 members (excludes halogenated alkanes) is 2. The van der Waals surface area contributed by atoms with Gasteiger partial charge < -0.3 is 15.4 Å². The van der Waals surface area contributed by atoms with Gasteiger partial charge in [-0.25, -0.2) is 4.79 Å². The summed E-state index contributed by atoms with van der Waals surface area (Å²) in [7, 11) is 1.54. The van der Waals surface area contributed by atoms with E-state index in [1.54, 1.807) is 18.2 Å². The number of anilines is 2. The summed E-state index contributed by atoms with van der Waals surface area (Å²) in [5.74, 6) is 0.228. The molecule has 0 aliphatic rings. The van der Waals surface area contributed by atoms with Crippen LogP contribution in [0.2, 0.25) is 0 Å². The summed E-state index contributed by atoms with van der Waals surface area (Å²) < 4.78 is 6.64. The van der Waals surface area contributed by atoms with Crippen molar-refractivity contribution in [3.05, 3.63) is 50.2 Å². The van der Waals surface area contributed by atoms with Crippen molar-refractivity contribution in [1.29, 1.82) is 0 Å². The number of methoxy groups -OCH3 is 1. The van der Waals surface area contributed by atoms with E-state index >= 15 is 0 Å². The van der Waals surface area contributed by atoms with Gasteiger partial charge in [0.15, 0.2) is 5.69 Å². The Balaban J connectivity index is 2.59. The minimum Gasteiger partial charge on any atom is -0.496 e. The highest BCUT2D eigenvalue weighted by Gasteiger charge is 2.25. The Bertz CT molecular complexity index is 978. The molecule has 0 aliphatic carbocycles. The van der Waals surface area contributed by atoms with Crippen molar-refractivity contribution < 1.29 is 9.53 Å². The fourth-order valence-corrected chi connectivity index (χ4v) is 3.12. The number of amides is 1. The van der Waals surface area contributed by atoms with Crippen LogP contribution in [0, 0.1) is 6.92 Å². The molecular weight excluding hydrogens is 372 g/mol. The first-order valence-corrected chi connectivity index (χ1v) is 9.94. The average Bonchev–Trinajstić information content (AvgIpc) is 2.70. The second-order valence-electron chi connectivity index (χ2n) is 6.99. The third-order valence-electron chi connectivity index (χ3n) is 4.85. The number of nitrogens with two attached hydrogens (primary N) is 1. The van der Waals surface area contributed by atoms with Crippen molar-refractivity contribution in [2.45, 2.75) is 53.0 Å². The lowest BCUT2D eigenvalue weighted by Gasteiger charge is -2.25. The van der Waals surface area contributed by atoms with E-state index in [9.17, 15) is 14.4 Å². The fraction of sp³-hybridized carbons (Fsp3) is 0.476. The maximum absolute atomic E-state index is 13.3. The van der Waals surface area contributed by atoms with Gasteiger partial charge in [0.2, 0.25) is 0 Å². The van der Waals surface area contributed by atoms with E-state index in [2.05, 4.69) is 4.98 Å². The van der Waals surface area contributed by atoms with Gasteiger partial charge in [0.1, 0.15) is 11.6 Å². The van der Waals surface area contributed by atoms with Crippen LogP contribution < -0.4 is 26.6 Å². The van der Waals surface area contributed by atoms with Crippen LogP contribution in [0.4, 0.5) is 11.5 Å². The predicted octanol–water partition coefficient (Wildman–Crippen LogP) is 2.68. The maximum atomic E-state index is 13.3. The Morgan fingerprint density at radius 1 is 1.21 bits per heavy atom. The minimum absolute atomic E-state index is 0.00993. The summed E-state index contributed by atoms with van der Waals surface area (Å²) in [6.45, 7) is 6.56. The van der Waals surface area contributed by atoms with Gasteiger partial charge in [0.25, 0.3) is 11.5 Å². The van der Waals surface area contributed by atoms with E-state index in [1.165, 1.54) is 16.6 Å². The molecule has 1 aromatic carbocycles. The number of aromatic nitrogens is 2. The van der Waals surface area contributed by atoms with Crippen molar-refractivity contribution in [2.75, 3.05) is 24.3 Å². The molecule has 0 saturated heterocycles. The Morgan fingerprint density at radius 3 is 2.52 bits per heavy atom. The van der Waals surface area contributed by atoms with Crippen LogP contribution in [0.25, 0.3) is 0 Å². The molecule has 3 N–H and O–H groups in total. The molecule has 1 aromatic heterocycles. The number of nitrogen functional groups attached to an aromatic ring is 1. The molecule has 158 valence electrons. The molecule has 0 aliphatic heterocycles. The molecule has 1 heterocycles. The van der Waals surface area contributed by atoms with Crippen molar-refractivity contribution in [3.63, 3.8) is 0 Å². The number of nitrogens with zero attached hydrogens (tertiary/aromatic N) is 2. The van der Waals surface area contributed by atoms with Gasteiger partial charge in [-0.1, -0.05) is 32.8 Å². The minimum atomic E-state index is -0.663. The first-order valence-electron chi connectivity index (χ1n) is 9.94. The monoisotopic (exact) mass is 402 g/mol. The predicted molar refractivity (Wildman–Crippen MR) is 115 cm³/mol. The van der Waals surface area contributed by atoms with E-state index in [0.717, 1.165) is 24.8 Å². The zero-order chi connectivity index (χ0) is 21.6. The zero-order valence-electron chi connectivity index (χ0n) is 17.6. The van der Waals surface area contributed by atoms with E-state index in [4.69, 9.17) is 10.5 Å². The first-order chi connectivity index (χ1) is 13.8. The van der Waals surface area contributed by atoms with Crippen LogP contribution in [-0.4, -0.2) is 29.1 Å². The summed E-state index contributed by atoms with van der Waals surface area (Å²) >= 11 is 0. The number of benzene rings is 1. The van der Waals surface area contributed by atoms with Gasteiger partial charge in [-0.05, 0) is 37.5 Å². The van der Waals surface area contributed by atoms with Crippen LogP contribution >= 0.6 is 0 Å². The number of carbonyl (C=O) groups is 1. The molecule has 0 atom stereocenters. The number of H-pyrrole nitrogens is 1. The molecule has 0 saturated carbocycles. The second kappa shape index (κ2) is 9.95. The Labute approximate surface area is 170 Å². The smallest absolute Gasteiger partial charge is 0.330 e. The fourth-order valence-electron chi connectivity index (χ4n) is 3.12. The summed E-state index contributed by atoms with van der Waals surface area (Å²) in [6, 6.07) is 5.13. The number of rotatable bonds is 9. The number of nitrogens with one attached hydrogen (secondary N) is 1. The molecule has 1 amide bonds. The zero-order valence-corrected chi connectivity index (χ0v) is 17.6. The SMILES string of the molecule is CCCCN(C(=O)c1ccc(C)c(OC)c1)c1c(N)n(CCCC)c(=O)[nH]c1=O. The summed E-state index contributed by atoms with van der Waals surface area (Å²) in [6.07, 6.45) is 3.10. The number of aromatic amines is 1. The molecular formula is C21H30N4O4. The lowest BCUT2D eigenvalue weighted by Crippen LogP contribution is -2.41. The standard InChI is InChI=1S/C21H30N4O4/c1-5-7-11-24(20(27)15-10-9-14(3)16(13-15)29-4)17-18(22)25(12-8-6-2)21(28)23-19(17)26/h9-10,13H,5-8,11-12,22H2,1-4H3,(H,23,26,28). The average molecular weight is 402 g/mol. The van der Waals surface area contributed by atoms with Crippen molar-refractivity contribution >= 4 is 17.4 Å². The van der Waals surface area contributed by atoms with E-state index in [0.29, 0.717) is 30.8 Å². The highest BCUT2D eigenvalue weighted by molar-refractivity contribution is 6.07. The lowest BCUT2D eigenvalue weighted by molar-refractivity contribution is 0.0986. The molecule has 0 bridgehead atoms. The second-order valence-corrected chi connectivity index (χ2v) is 6.99. The third kappa shape index (κ3) is 4.88. The molecule has 2 rings (SSSR count). The molecule has 29 heavy (non-hydrogen) atoms. The van der Waals surface area contributed by atoms with E-state index in [-0.39, 0.29) is 17.4 Å². The Kier molecular flexibility index (Phi) is 7.64. The van der Waals surface area contributed by atoms with E-state index in [1.807, 2.05) is 20.8 Å². The molecule has 2 aromatic rings. The summed E-state index contributed by atoms with van der Waals surface area (Å²) in [5.41, 5.74) is 6.28. The van der Waals surface area contributed by atoms with Gasteiger partial charge in [-0.15, -0.1) is 0 Å². The largest absolute Gasteiger partial charge is 0.496 e. The Hall–Kier alpha value is -3.03. The number of hydrogen-bond donors (Lipinski definition) is 2. The Morgan fingerprint density at radius 2 is 1.90 bits per heavy atom. The van der Waals surface area contributed by atoms with Gasteiger partial charge in [-0.2, -0.15) is 0 Å². The molecule has 0 radical (unpaired) electrons. The molecule has 8 heteroatoms. The van der Waals surface area contributed by atoms with Crippen LogP contribution in [0.5, 0.6) is 5.75 Å². The van der Waals surface area contributed by atoms with Crippen LogP contribution in [0.1, 0.15) is 55.5 Å². The lowest BCUT2D eigenvalue weighted by atomic mass is 10.1. The van der Waals surface area contributed by atoms with Crippen LogP contribution in [0.15, 0.2) is 27.8 Å². The molecule has 8 nitrogen and oxygen atoms in total. The van der Waals surface area contributed by atoms with Crippen LogP contribution in [0.3, 0.4) is 0 Å². The van der Waals surface area contributed by atoms with Gasteiger partial charge >= 0.3 is 5.69 Å². The highest BCUT2D eigenvalue weighted by atomic mass is 16.5. The number of carbonyl (C=O) groups excluding carboxylic acids is 1. The summed E-state index contributed by atoms with van der Waals surface area (Å²) in [5, 5.41) is 0. The van der Waals surface area contributed by atoms with Crippen molar-refractivity contribution in [2.24, 2.45) is 0 Å². The normalized spacial score (nSPS) is 10.8. The van der Waals surface area contributed by atoms with Crippen molar-refractivity contribution in [1.82, 2.24) is 9.55 Å². The number of hydrogen-bond acceptors (Lipinski definition) is 5. The van der Waals surface area contributed by atoms with E-state index < -0.39 is 11.2 Å². The number of ether oxygens (including phenoxy) is 1. The highest BCUT2D eigenvalue weighted by Crippen LogP contribution is 2.24. The van der Waals surface area contributed by atoms with Gasteiger partial charge in [0.05, 0.1) is 7.11 Å². The van der Waals surface area contributed by atoms with Gasteiger partial charge in [0, 0.05) is 18.7 Å². The topological polar surface area (TPSA) is 110 Å². The van der Waals surface area contributed by atoms with Gasteiger partial charge in [-0.3, -0.25) is 19.1 Å². The third-order valence-corrected chi connectivity index (χ3v) is 4.85. The molecule has 0 spiro atoms. The quantitative estimate of drug-likeness (QED) is 0.670.